The number of nitrogens with one attached hydrogen (secondary N) is 3. The number of rotatable bonds is 10. The van der Waals surface area contributed by atoms with Gasteiger partial charge in [-0.25, -0.2) is 8.42 Å². The van der Waals surface area contributed by atoms with E-state index in [1.165, 1.54) is 45.5 Å². The Morgan fingerprint density at radius 2 is 1.50 bits per heavy atom. The van der Waals surface area contributed by atoms with Crippen LogP contribution in [0.3, 0.4) is 0 Å². The van der Waals surface area contributed by atoms with E-state index in [1.807, 2.05) is 6.92 Å². The zero-order chi connectivity index (χ0) is 27.0. The quantitative estimate of drug-likeness (QED) is 0.400. The van der Waals surface area contributed by atoms with Crippen molar-refractivity contribution in [2.45, 2.75) is 31.7 Å². The highest BCUT2D eigenvalue weighted by Crippen LogP contribution is 2.22. The fraction of sp³-hybridized carbons (Fsp3) is 0.375. The molecule has 0 radical (unpaired) electrons. The summed E-state index contributed by atoms with van der Waals surface area (Å²) in [4.78, 5) is 37.9. The van der Waals surface area contributed by atoms with Crippen molar-refractivity contribution in [3.63, 3.8) is 0 Å². The molecule has 11 nitrogen and oxygen atoms in total. The lowest BCUT2D eigenvalue weighted by molar-refractivity contribution is -0.130. The van der Waals surface area contributed by atoms with Crippen molar-refractivity contribution in [3.8, 4) is 11.5 Å². The first-order valence-corrected chi connectivity index (χ1v) is 12.5. The molecule has 0 bridgehead atoms. The molecule has 2 rings (SSSR count). The van der Waals surface area contributed by atoms with E-state index < -0.39 is 40.3 Å². The largest absolute Gasteiger partial charge is 0.497 e. The van der Waals surface area contributed by atoms with Crippen LogP contribution in [0.4, 0.5) is 0 Å². The summed E-state index contributed by atoms with van der Waals surface area (Å²) >= 11 is 0. The highest BCUT2D eigenvalue weighted by Gasteiger charge is 2.27. The molecule has 0 spiro atoms. The standard InChI is InChI=1S/C24H32N4O7S/c1-15(2)22(25-23(30)17-11-18(34-5)13-19(12-17)35-6)24(31)27-26-21(29)14-28(4)36(32,33)20-9-7-16(3)8-10-20/h7-13,15,22H,14H2,1-6H3,(H,25,30)(H,26,29)(H,27,31). The van der Waals surface area contributed by atoms with Gasteiger partial charge in [-0.05, 0) is 37.1 Å². The molecular weight excluding hydrogens is 488 g/mol. The summed E-state index contributed by atoms with van der Waals surface area (Å²) in [6.07, 6.45) is 0. The number of hydrogen-bond donors (Lipinski definition) is 3. The summed E-state index contributed by atoms with van der Waals surface area (Å²) in [5.74, 6) is -1.50. The number of hydrazine groups is 1. The first kappa shape index (κ1) is 28.6. The van der Waals surface area contributed by atoms with E-state index in [-0.39, 0.29) is 16.4 Å². The van der Waals surface area contributed by atoms with E-state index >= 15 is 0 Å². The lowest BCUT2D eigenvalue weighted by Gasteiger charge is -2.22. The molecule has 12 heteroatoms. The van der Waals surface area contributed by atoms with E-state index in [9.17, 15) is 22.8 Å². The summed E-state index contributed by atoms with van der Waals surface area (Å²) in [5.41, 5.74) is 5.56. The Labute approximate surface area is 211 Å². The fourth-order valence-corrected chi connectivity index (χ4v) is 4.25. The Bertz CT molecular complexity index is 1180. The third-order valence-electron chi connectivity index (χ3n) is 5.27. The van der Waals surface area contributed by atoms with Crippen molar-refractivity contribution in [2.75, 3.05) is 27.8 Å². The van der Waals surface area contributed by atoms with Crippen molar-refractivity contribution >= 4 is 27.7 Å². The molecule has 196 valence electrons. The number of sulfonamides is 1. The van der Waals surface area contributed by atoms with Gasteiger partial charge in [0.15, 0.2) is 0 Å². The number of ether oxygens (including phenoxy) is 2. The summed E-state index contributed by atoms with van der Waals surface area (Å²) in [7, 11) is 0.268. The Hall–Kier alpha value is -3.64. The Morgan fingerprint density at radius 3 is 2.00 bits per heavy atom. The smallest absolute Gasteiger partial charge is 0.261 e. The van der Waals surface area contributed by atoms with Gasteiger partial charge in [0, 0.05) is 18.7 Å². The molecule has 36 heavy (non-hydrogen) atoms. The summed E-state index contributed by atoms with van der Waals surface area (Å²) < 4.78 is 36.5. The highest BCUT2D eigenvalue weighted by molar-refractivity contribution is 7.89. The molecule has 0 aliphatic rings. The van der Waals surface area contributed by atoms with Gasteiger partial charge in [-0.3, -0.25) is 25.2 Å². The molecular formula is C24H32N4O7S. The van der Waals surface area contributed by atoms with Crippen LogP contribution in [0.2, 0.25) is 0 Å². The van der Waals surface area contributed by atoms with Crippen molar-refractivity contribution in [3.05, 3.63) is 53.6 Å². The van der Waals surface area contributed by atoms with Gasteiger partial charge in [-0.1, -0.05) is 31.5 Å². The molecule has 0 fully saturated rings. The zero-order valence-electron chi connectivity index (χ0n) is 21.1. The van der Waals surface area contributed by atoms with Gasteiger partial charge < -0.3 is 14.8 Å². The van der Waals surface area contributed by atoms with Crippen LogP contribution >= 0.6 is 0 Å². The van der Waals surface area contributed by atoms with Gasteiger partial charge in [-0.15, -0.1) is 0 Å². The van der Waals surface area contributed by atoms with Gasteiger partial charge >= 0.3 is 0 Å². The first-order valence-electron chi connectivity index (χ1n) is 11.0. The second kappa shape index (κ2) is 12.4. The molecule has 0 saturated carbocycles. The minimum atomic E-state index is -3.89. The number of carbonyl (C=O) groups is 3. The third-order valence-corrected chi connectivity index (χ3v) is 7.09. The van der Waals surface area contributed by atoms with Gasteiger partial charge in [0.2, 0.25) is 10.0 Å². The van der Waals surface area contributed by atoms with Crippen LogP contribution in [0.1, 0.15) is 29.8 Å². The Kier molecular flexibility index (Phi) is 9.82. The normalized spacial score (nSPS) is 12.1. The number of carbonyl (C=O) groups excluding carboxylic acids is 3. The molecule has 0 aromatic heterocycles. The number of benzene rings is 2. The van der Waals surface area contributed by atoms with Crippen LogP contribution in [-0.2, 0) is 19.6 Å². The maximum absolute atomic E-state index is 12.8. The molecule has 2 aromatic carbocycles. The molecule has 0 heterocycles. The highest BCUT2D eigenvalue weighted by atomic mass is 32.2. The molecule has 1 atom stereocenters. The summed E-state index contributed by atoms with van der Waals surface area (Å²) in [6.45, 7) is 4.75. The molecule has 3 amide bonds. The average molecular weight is 521 g/mol. The minimum absolute atomic E-state index is 0.0455. The lowest BCUT2D eigenvalue weighted by Crippen LogP contribution is -2.55. The molecule has 0 saturated heterocycles. The number of aryl methyl sites for hydroxylation is 1. The van der Waals surface area contributed by atoms with Crippen LogP contribution in [0.5, 0.6) is 11.5 Å². The number of methoxy groups -OCH3 is 2. The van der Waals surface area contributed by atoms with Crippen molar-refractivity contribution in [1.82, 2.24) is 20.5 Å². The Morgan fingerprint density at radius 1 is 0.944 bits per heavy atom. The van der Waals surface area contributed by atoms with Crippen molar-refractivity contribution in [2.24, 2.45) is 5.92 Å². The van der Waals surface area contributed by atoms with E-state index in [2.05, 4.69) is 16.2 Å². The molecule has 0 aliphatic heterocycles. The SMILES string of the molecule is COc1cc(OC)cc(C(=O)NC(C(=O)NNC(=O)CN(C)S(=O)(=O)c2ccc(C)cc2)C(C)C)c1. The number of likely N-dealkylation sites (N-methyl/N-ethyl adjacent to an activating group) is 1. The molecule has 1 unspecified atom stereocenters. The molecule has 3 N–H and O–H groups in total. The molecule has 0 aliphatic carbocycles. The van der Waals surface area contributed by atoms with E-state index in [0.29, 0.717) is 11.5 Å². The lowest BCUT2D eigenvalue weighted by atomic mass is 10.0. The summed E-state index contributed by atoms with van der Waals surface area (Å²) in [6, 6.07) is 9.83. The van der Waals surface area contributed by atoms with Gasteiger partial charge in [0.1, 0.15) is 17.5 Å². The van der Waals surface area contributed by atoms with Crippen LogP contribution < -0.4 is 25.6 Å². The molecule has 2 aromatic rings. The average Bonchev–Trinajstić information content (AvgIpc) is 2.85. The van der Waals surface area contributed by atoms with E-state index in [4.69, 9.17) is 9.47 Å². The van der Waals surface area contributed by atoms with Gasteiger partial charge in [0.05, 0.1) is 25.7 Å². The maximum atomic E-state index is 12.8. The topological polar surface area (TPSA) is 143 Å². The van der Waals surface area contributed by atoms with Crippen molar-refractivity contribution in [1.29, 1.82) is 0 Å². The second-order valence-electron chi connectivity index (χ2n) is 8.41. The second-order valence-corrected chi connectivity index (χ2v) is 10.5. The van der Waals surface area contributed by atoms with E-state index in [1.54, 1.807) is 32.0 Å². The predicted molar refractivity (Wildman–Crippen MR) is 133 cm³/mol. The van der Waals surface area contributed by atoms with Crippen LogP contribution in [0.25, 0.3) is 0 Å². The summed E-state index contributed by atoms with van der Waals surface area (Å²) in [5, 5.41) is 2.63. The van der Waals surface area contributed by atoms with Crippen molar-refractivity contribution < 1.29 is 32.3 Å². The van der Waals surface area contributed by atoms with E-state index in [0.717, 1.165) is 9.87 Å². The third kappa shape index (κ3) is 7.43. The monoisotopic (exact) mass is 520 g/mol. The van der Waals surface area contributed by atoms with Crippen LogP contribution in [-0.4, -0.2) is 64.3 Å². The predicted octanol–water partition coefficient (Wildman–Crippen LogP) is 1.23. The number of hydrogen-bond acceptors (Lipinski definition) is 7. The van der Waals surface area contributed by atoms with Crippen LogP contribution in [0, 0.1) is 12.8 Å². The van der Waals surface area contributed by atoms with Gasteiger partial charge in [0.25, 0.3) is 17.7 Å². The fourth-order valence-electron chi connectivity index (χ4n) is 3.12. The maximum Gasteiger partial charge on any atom is 0.261 e. The number of amides is 3. The number of nitrogens with zero attached hydrogens (tertiary/aromatic N) is 1. The Balaban J connectivity index is 2.01. The first-order chi connectivity index (χ1) is 16.9. The van der Waals surface area contributed by atoms with Gasteiger partial charge in [-0.2, -0.15) is 4.31 Å². The minimum Gasteiger partial charge on any atom is -0.497 e. The van der Waals surface area contributed by atoms with Crippen LogP contribution in [0.15, 0.2) is 47.4 Å². The zero-order valence-corrected chi connectivity index (χ0v) is 21.9.